The van der Waals surface area contributed by atoms with Gasteiger partial charge >= 0.3 is 0 Å². The lowest BCUT2D eigenvalue weighted by Crippen LogP contribution is -2.40. The maximum absolute atomic E-state index is 12.4. The number of fused-ring (bicyclic) bond motifs is 1. The van der Waals surface area contributed by atoms with Crippen LogP contribution < -0.4 is 20.5 Å². The number of ether oxygens (including phenoxy) is 2. The average molecular weight is 340 g/mol. The normalized spacial score (nSPS) is 18.0. The van der Waals surface area contributed by atoms with Gasteiger partial charge in [0.25, 0.3) is 0 Å². The van der Waals surface area contributed by atoms with Gasteiger partial charge in [-0.3, -0.25) is 4.79 Å². The van der Waals surface area contributed by atoms with Crippen molar-refractivity contribution >= 4 is 5.91 Å². The molecule has 0 fully saturated rings. The second kappa shape index (κ2) is 7.57. The first-order valence-electron chi connectivity index (χ1n) is 8.49. The van der Waals surface area contributed by atoms with Crippen LogP contribution in [0, 0.1) is 0 Å². The summed E-state index contributed by atoms with van der Waals surface area (Å²) in [5.74, 6) is 1.59. The van der Waals surface area contributed by atoms with Crippen LogP contribution in [-0.2, 0) is 4.79 Å². The van der Waals surface area contributed by atoms with Crippen molar-refractivity contribution in [3.8, 4) is 11.5 Å². The molecule has 0 saturated heterocycles. The second-order valence-corrected chi connectivity index (χ2v) is 6.41. The van der Waals surface area contributed by atoms with Crippen molar-refractivity contribution in [3.05, 3.63) is 59.7 Å². The van der Waals surface area contributed by atoms with E-state index in [0.29, 0.717) is 13.0 Å². The average Bonchev–Trinajstić information content (AvgIpc) is 3.03. The lowest BCUT2D eigenvalue weighted by Gasteiger charge is -2.22. The van der Waals surface area contributed by atoms with Crippen LogP contribution in [0.15, 0.2) is 48.5 Å². The Kier molecular flexibility index (Phi) is 5.24. The van der Waals surface area contributed by atoms with E-state index in [2.05, 4.69) is 5.32 Å². The molecule has 0 radical (unpaired) electrons. The Morgan fingerprint density at radius 1 is 1.32 bits per heavy atom. The van der Waals surface area contributed by atoms with E-state index >= 15 is 0 Å². The molecule has 132 valence electrons. The standard InChI is InChI=1S/C20H24N2O3/c1-13(20(21)14-6-4-3-5-7-14)22-19(23)10-15-12-25-18-11-16(24-2)8-9-17(15)18/h3-9,11,13,15,20H,10,12,21H2,1-2H3,(H,22,23). The van der Waals surface area contributed by atoms with Crippen molar-refractivity contribution in [2.24, 2.45) is 5.73 Å². The minimum absolute atomic E-state index is 0.0175. The highest BCUT2D eigenvalue weighted by atomic mass is 16.5. The number of benzene rings is 2. The first-order valence-corrected chi connectivity index (χ1v) is 8.49. The van der Waals surface area contributed by atoms with Crippen LogP contribution in [-0.4, -0.2) is 25.7 Å². The molecule has 1 heterocycles. The van der Waals surface area contributed by atoms with E-state index in [1.807, 2.05) is 55.5 Å². The number of rotatable bonds is 6. The predicted molar refractivity (Wildman–Crippen MR) is 96.8 cm³/mol. The molecule has 0 saturated carbocycles. The van der Waals surface area contributed by atoms with Crippen LogP contribution in [0.2, 0.25) is 0 Å². The SMILES string of the molecule is COc1ccc2c(c1)OCC2CC(=O)NC(C)C(N)c1ccccc1. The monoisotopic (exact) mass is 340 g/mol. The van der Waals surface area contributed by atoms with Gasteiger partial charge in [-0.25, -0.2) is 0 Å². The summed E-state index contributed by atoms with van der Waals surface area (Å²) in [6.07, 6.45) is 0.380. The van der Waals surface area contributed by atoms with Gasteiger partial charge in [0.1, 0.15) is 11.5 Å². The number of carbonyl (C=O) groups excluding carboxylic acids is 1. The van der Waals surface area contributed by atoms with Crippen LogP contribution in [0.5, 0.6) is 11.5 Å². The summed E-state index contributed by atoms with van der Waals surface area (Å²) in [6.45, 7) is 2.44. The molecule has 5 heteroatoms. The van der Waals surface area contributed by atoms with E-state index in [1.165, 1.54) is 0 Å². The van der Waals surface area contributed by atoms with Gasteiger partial charge in [-0.1, -0.05) is 36.4 Å². The number of nitrogens with two attached hydrogens (primary N) is 1. The van der Waals surface area contributed by atoms with Crippen molar-refractivity contribution in [1.82, 2.24) is 5.32 Å². The van der Waals surface area contributed by atoms with Gasteiger partial charge in [-0.15, -0.1) is 0 Å². The van der Waals surface area contributed by atoms with Gasteiger partial charge < -0.3 is 20.5 Å². The molecular weight excluding hydrogens is 316 g/mol. The molecule has 3 rings (SSSR count). The third kappa shape index (κ3) is 3.94. The molecule has 3 unspecified atom stereocenters. The number of amides is 1. The first kappa shape index (κ1) is 17.3. The fourth-order valence-electron chi connectivity index (χ4n) is 3.14. The zero-order valence-corrected chi connectivity index (χ0v) is 14.6. The highest BCUT2D eigenvalue weighted by Crippen LogP contribution is 2.38. The van der Waals surface area contributed by atoms with Crippen molar-refractivity contribution in [3.63, 3.8) is 0 Å². The van der Waals surface area contributed by atoms with Crippen molar-refractivity contribution in [2.45, 2.75) is 31.3 Å². The molecule has 0 aliphatic carbocycles. The number of methoxy groups -OCH3 is 1. The second-order valence-electron chi connectivity index (χ2n) is 6.41. The number of carbonyl (C=O) groups is 1. The van der Waals surface area contributed by atoms with Crippen LogP contribution in [0.4, 0.5) is 0 Å². The van der Waals surface area contributed by atoms with E-state index in [9.17, 15) is 4.79 Å². The maximum atomic E-state index is 12.4. The third-order valence-corrected chi connectivity index (χ3v) is 4.64. The Balaban J connectivity index is 1.59. The zero-order chi connectivity index (χ0) is 17.8. The summed E-state index contributed by atoms with van der Waals surface area (Å²) in [5, 5.41) is 3.01. The lowest BCUT2D eigenvalue weighted by atomic mass is 9.96. The maximum Gasteiger partial charge on any atom is 0.221 e. The Morgan fingerprint density at radius 3 is 2.80 bits per heavy atom. The van der Waals surface area contributed by atoms with Gasteiger partial charge in [0.2, 0.25) is 5.91 Å². The van der Waals surface area contributed by atoms with Crippen LogP contribution >= 0.6 is 0 Å². The Labute approximate surface area is 148 Å². The van der Waals surface area contributed by atoms with Crippen molar-refractivity contribution in [2.75, 3.05) is 13.7 Å². The number of nitrogens with one attached hydrogen (secondary N) is 1. The number of hydrogen-bond acceptors (Lipinski definition) is 4. The Hall–Kier alpha value is -2.53. The van der Waals surface area contributed by atoms with Crippen molar-refractivity contribution < 1.29 is 14.3 Å². The minimum Gasteiger partial charge on any atom is -0.497 e. The molecule has 1 amide bonds. The van der Waals surface area contributed by atoms with Gasteiger partial charge in [0, 0.05) is 36.1 Å². The Morgan fingerprint density at radius 2 is 2.08 bits per heavy atom. The molecule has 0 aromatic heterocycles. The van der Waals surface area contributed by atoms with E-state index in [0.717, 1.165) is 22.6 Å². The zero-order valence-electron chi connectivity index (χ0n) is 14.6. The Bertz CT molecular complexity index is 733. The van der Waals surface area contributed by atoms with Gasteiger partial charge in [-0.05, 0) is 18.6 Å². The highest BCUT2D eigenvalue weighted by Gasteiger charge is 2.27. The smallest absolute Gasteiger partial charge is 0.221 e. The topological polar surface area (TPSA) is 73.6 Å². The number of hydrogen-bond donors (Lipinski definition) is 2. The molecule has 0 spiro atoms. The third-order valence-electron chi connectivity index (χ3n) is 4.64. The van der Waals surface area contributed by atoms with Crippen LogP contribution in [0.3, 0.4) is 0 Å². The molecule has 25 heavy (non-hydrogen) atoms. The summed E-state index contributed by atoms with van der Waals surface area (Å²) in [7, 11) is 1.62. The quantitative estimate of drug-likeness (QED) is 0.848. The molecule has 1 aliphatic rings. The summed E-state index contributed by atoms with van der Waals surface area (Å²) < 4.78 is 10.9. The molecule has 1 aliphatic heterocycles. The first-order chi connectivity index (χ1) is 12.1. The molecular formula is C20H24N2O3. The van der Waals surface area contributed by atoms with Gasteiger partial charge in [0.15, 0.2) is 0 Å². The van der Waals surface area contributed by atoms with Crippen molar-refractivity contribution in [1.29, 1.82) is 0 Å². The van der Waals surface area contributed by atoms with Crippen LogP contribution in [0.25, 0.3) is 0 Å². The van der Waals surface area contributed by atoms with E-state index in [4.69, 9.17) is 15.2 Å². The molecule has 2 aromatic carbocycles. The minimum atomic E-state index is -0.235. The summed E-state index contributed by atoms with van der Waals surface area (Å²) >= 11 is 0. The van der Waals surface area contributed by atoms with Crippen LogP contribution in [0.1, 0.15) is 36.4 Å². The molecule has 3 N–H and O–H groups in total. The molecule has 0 bridgehead atoms. The lowest BCUT2D eigenvalue weighted by molar-refractivity contribution is -0.122. The van der Waals surface area contributed by atoms with E-state index < -0.39 is 0 Å². The molecule has 2 aromatic rings. The van der Waals surface area contributed by atoms with E-state index in [1.54, 1.807) is 7.11 Å². The largest absolute Gasteiger partial charge is 0.497 e. The fraction of sp³-hybridized carbons (Fsp3) is 0.350. The van der Waals surface area contributed by atoms with E-state index in [-0.39, 0.29) is 23.9 Å². The highest BCUT2D eigenvalue weighted by molar-refractivity contribution is 5.77. The van der Waals surface area contributed by atoms with Gasteiger partial charge in [-0.2, -0.15) is 0 Å². The summed E-state index contributed by atoms with van der Waals surface area (Å²) in [6, 6.07) is 15.1. The summed E-state index contributed by atoms with van der Waals surface area (Å²) in [4.78, 5) is 12.4. The van der Waals surface area contributed by atoms with Gasteiger partial charge in [0.05, 0.1) is 13.7 Å². The summed E-state index contributed by atoms with van der Waals surface area (Å²) in [5.41, 5.74) is 8.31. The molecule has 5 nitrogen and oxygen atoms in total. The predicted octanol–water partition coefficient (Wildman–Crippen LogP) is 2.77. The molecule has 3 atom stereocenters. The fourth-order valence-corrected chi connectivity index (χ4v) is 3.14.